The molecule has 3 aromatic carbocycles. The Kier molecular flexibility index (Phi) is 7.50. The molecule has 0 amide bonds. The van der Waals surface area contributed by atoms with Crippen LogP contribution in [0, 0.1) is 0 Å². The second-order valence-corrected chi connectivity index (χ2v) is 7.90. The summed E-state index contributed by atoms with van der Waals surface area (Å²) < 4.78 is 12.7. The molecule has 0 spiro atoms. The molecule has 4 aromatic rings. The van der Waals surface area contributed by atoms with E-state index in [1.54, 1.807) is 18.2 Å². The van der Waals surface area contributed by atoms with Gasteiger partial charge in [0.15, 0.2) is 17.3 Å². The van der Waals surface area contributed by atoms with Crippen LogP contribution < -0.4 is 15.2 Å². The minimum Gasteiger partial charge on any atom is -0.493 e. The monoisotopic (exact) mass is 484 g/mol. The Morgan fingerprint density at radius 3 is 2.25 bits per heavy atom. The molecule has 0 fully saturated rings. The predicted molar refractivity (Wildman–Crippen MR) is 134 cm³/mol. The lowest BCUT2D eigenvalue weighted by Crippen LogP contribution is -2.27. The molecule has 4 rings (SSSR count). The fourth-order valence-corrected chi connectivity index (χ4v) is 3.51. The summed E-state index contributed by atoms with van der Waals surface area (Å²) in [6.45, 7) is 1.26. The summed E-state index contributed by atoms with van der Waals surface area (Å²) in [6, 6.07) is 23.6. The van der Waals surface area contributed by atoms with E-state index in [1.807, 2.05) is 60.7 Å². The highest BCUT2D eigenvalue weighted by atomic mass is 16.6. The molecule has 0 saturated carbocycles. The number of benzene rings is 3. The third-order valence-corrected chi connectivity index (χ3v) is 5.25. The fraction of sp³-hybridized carbons (Fsp3) is 0.148. The smallest absolute Gasteiger partial charge is 0.374 e. The maximum atomic E-state index is 12.8. The number of carbonyl (C=O) groups is 2. The Morgan fingerprint density at radius 1 is 0.944 bits per heavy atom. The molecule has 182 valence electrons. The molecule has 0 radical (unpaired) electrons. The minimum absolute atomic E-state index is 0.102. The van der Waals surface area contributed by atoms with E-state index in [1.165, 1.54) is 20.2 Å². The predicted octanol–water partition coefficient (Wildman–Crippen LogP) is 3.33. The van der Waals surface area contributed by atoms with E-state index >= 15 is 0 Å². The second kappa shape index (κ2) is 11.1. The Labute approximate surface area is 207 Å². The number of hydrogen-bond donors (Lipinski definition) is 0. The number of ether oxygens (including phenoxy) is 2. The molecule has 0 atom stereocenters. The van der Waals surface area contributed by atoms with Gasteiger partial charge in [-0.2, -0.15) is 9.78 Å². The van der Waals surface area contributed by atoms with E-state index in [9.17, 15) is 14.4 Å². The Balaban J connectivity index is 1.60. The summed E-state index contributed by atoms with van der Waals surface area (Å²) in [5.41, 5.74) is 1.61. The molecule has 0 bridgehead atoms. The van der Waals surface area contributed by atoms with E-state index in [2.05, 4.69) is 10.2 Å². The Bertz CT molecular complexity index is 1460. The molecule has 0 aliphatic heterocycles. The highest BCUT2D eigenvalue weighted by Crippen LogP contribution is 2.28. The van der Waals surface area contributed by atoms with Crippen LogP contribution in [-0.4, -0.2) is 39.7 Å². The van der Waals surface area contributed by atoms with Crippen LogP contribution in [0.3, 0.4) is 0 Å². The first kappa shape index (κ1) is 24.3. The number of nitrogens with zero attached hydrogens (tertiary/aromatic N) is 4. The maximum Gasteiger partial charge on any atom is 0.374 e. The molecular weight excluding hydrogens is 460 g/mol. The van der Waals surface area contributed by atoms with Gasteiger partial charge < -0.3 is 9.47 Å². The quantitative estimate of drug-likeness (QED) is 0.216. The molecule has 1 heterocycles. The summed E-state index contributed by atoms with van der Waals surface area (Å²) in [6.07, 6.45) is 1.83. The number of methoxy groups -OCH3 is 1. The lowest BCUT2D eigenvalue weighted by Gasteiger charge is -2.10. The zero-order valence-corrected chi connectivity index (χ0v) is 19.8. The number of aromatic nitrogens is 3. The van der Waals surface area contributed by atoms with E-state index in [0.717, 1.165) is 20.5 Å². The lowest BCUT2D eigenvalue weighted by molar-refractivity contribution is -0.133. The van der Waals surface area contributed by atoms with E-state index < -0.39 is 17.6 Å². The topological polar surface area (TPSA) is 105 Å². The first-order valence-electron chi connectivity index (χ1n) is 11.2. The molecule has 0 aliphatic rings. The van der Waals surface area contributed by atoms with Crippen LogP contribution in [0.5, 0.6) is 11.5 Å². The Morgan fingerprint density at radius 2 is 1.61 bits per heavy atom. The second-order valence-electron chi connectivity index (χ2n) is 7.90. The van der Waals surface area contributed by atoms with Gasteiger partial charge in [-0.1, -0.05) is 60.7 Å². The van der Waals surface area contributed by atoms with Crippen molar-refractivity contribution in [2.45, 2.75) is 19.8 Å². The van der Waals surface area contributed by atoms with Crippen LogP contribution in [0.4, 0.5) is 0 Å². The van der Waals surface area contributed by atoms with Crippen LogP contribution >= 0.6 is 0 Å². The van der Waals surface area contributed by atoms with Gasteiger partial charge in [-0.15, -0.1) is 9.78 Å². The van der Waals surface area contributed by atoms with E-state index in [-0.39, 0.29) is 12.2 Å². The zero-order chi connectivity index (χ0) is 25.5. The third-order valence-electron chi connectivity index (χ3n) is 5.25. The van der Waals surface area contributed by atoms with Gasteiger partial charge in [-0.25, -0.2) is 4.79 Å². The molecule has 0 aliphatic carbocycles. The van der Waals surface area contributed by atoms with Crippen molar-refractivity contribution >= 4 is 18.1 Å². The summed E-state index contributed by atoms with van der Waals surface area (Å²) in [7, 11) is 1.48. The first-order chi connectivity index (χ1) is 17.4. The van der Waals surface area contributed by atoms with Gasteiger partial charge in [0.25, 0.3) is 0 Å². The molecule has 0 N–H and O–H groups in total. The average Bonchev–Trinajstić information content (AvgIpc) is 3.19. The van der Waals surface area contributed by atoms with Gasteiger partial charge in [0.2, 0.25) is 5.91 Å². The summed E-state index contributed by atoms with van der Waals surface area (Å²) in [5.74, 6) is -0.0581. The van der Waals surface area contributed by atoms with E-state index in [0.29, 0.717) is 23.6 Å². The van der Waals surface area contributed by atoms with Crippen molar-refractivity contribution in [3.63, 3.8) is 0 Å². The summed E-state index contributed by atoms with van der Waals surface area (Å²) in [4.78, 5) is 37.1. The highest BCUT2D eigenvalue weighted by molar-refractivity contribution is 5.82. The number of rotatable bonds is 8. The van der Waals surface area contributed by atoms with Crippen molar-refractivity contribution in [1.29, 1.82) is 0 Å². The van der Waals surface area contributed by atoms with Crippen LogP contribution in [0.1, 0.15) is 34.2 Å². The van der Waals surface area contributed by atoms with Crippen LogP contribution in [0.15, 0.2) is 88.8 Å². The summed E-state index contributed by atoms with van der Waals surface area (Å²) in [5, 5.41) is 8.44. The van der Waals surface area contributed by atoms with Crippen molar-refractivity contribution in [1.82, 2.24) is 14.5 Å². The van der Waals surface area contributed by atoms with Gasteiger partial charge in [-0.3, -0.25) is 9.59 Å². The van der Waals surface area contributed by atoms with Crippen molar-refractivity contribution < 1.29 is 19.1 Å². The van der Waals surface area contributed by atoms with Crippen molar-refractivity contribution in [3.8, 4) is 11.5 Å². The standard InChI is InChI=1S/C27H24N4O5/c1-19(32)30-27(34)31(25(29-30)16-20-9-5-3-6-10-20)28-18-22-13-14-23(35-2)24(15-22)36-26(33)17-21-11-7-4-8-12-21/h3-15,18H,16-17H2,1-2H3/b28-18+. The molecule has 9 heteroatoms. The molecule has 0 saturated heterocycles. The van der Waals surface area contributed by atoms with Gasteiger partial charge in [0.05, 0.1) is 19.7 Å². The zero-order valence-electron chi connectivity index (χ0n) is 19.8. The van der Waals surface area contributed by atoms with Gasteiger partial charge in [0, 0.05) is 13.3 Å². The maximum absolute atomic E-state index is 12.8. The Hall–Kier alpha value is -4.79. The minimum atomic E-state index is -0.673. The third kappa shape index (κ3) is 5.82. The first-order valence-corrected chi connectivity index (χ1v) is 11.2. The SMILES string of the molecule is COc1ccc(/C=N/n2c(Cc3ccccc3)nn(C(C)=O)c2=O)cc1OC(=O)Cc1ccccc1. The fourth-order valence-electron chi connectivity index (χ4n) is 3.51. The van der Waals surface area contributed by atoms with E-state index in [4.69, 9.17) is 9.47 Å². The molecule has 9 nitrogen and oxygen atoms in total. The van der Waals surface area contributed by atoms with Gasteiger partial charge >= 0.3 is 11.7 Å². The largest absolute Gasteiger partial charge is 0.493 e. The summed E-state index contributed by atoms with van der Waals surface area (Å²) >= 11 is 0. The lowest BCUT2D eigenvalue weighted by atomic mass is 10.1. The van der Waals surface area contributed by atoms with Crippen LogP contribution in [0.25, 0.3) is 0 Å². The van der Waals surface area contributed by atoms with Gasteiger partial charge in [0.1, 0.15) is 0 Å². The van der Waals surface area contributed by atoms with Crippen LogP contribution in [-0.2, 0) is 17.6 Å². The normalized spacial score (nSPS) is 10.9. The average molecular weight is 485 g/mol. The number of hydrogen-bond acceptors (Lipinski definition) is 7. The molecule has 1 aromatic heterocycles. The van der Waals surface area contributed by atoms with Gasteiger partial charge in [-0.05, 0) is 34.9 Å². The molecule has 0 unspecified atom stereocenters. The van der Waals surface area contributed by atoms with Crippen molar-refractivity contribution in [2.24, 2.45) is 5.10 Å². The van der Waals surface area contributed by atoms with Crippen molar-refractivity contribution in [3.05, 3.63) is 112 Å². The highest BCUT2D eigenvalue weighted by Gasteiger charge is 2.16. The van der Waals surface area contributed by atoms with Crippen LogP contribution in [0.2, 0.25) is 0 Å². The molecule has 36 heavy (non-hydrogen) atoms. The molecular formula is C27H24N4O5. The number of carbonyl (C=O) groups excluding carboxylic acids is 2. The number of esters is 1. The van der Waals surface area contributed by atoms with Crippen molar-refractivity contribution in [2.75, 3.05) is 7.11 Å².